The van der Waals surface area contributed by atoms with E-state index < -0.39 is 0 Å². The topological polar surface area (TPSA) is 62.6 Å². The van der Waals surface area contributed by atoms with Crippen LogP contribution in [0.1, 0.15) is 48.9 Å². The highest BCUT2D eigenvalue weighted by molar-refractivity contribution is 6.04. The summed E-state index contributed by atoms with van der Waals surface area (Å²) in [5.74, 6) is -0.0981. The number of anilines is 1. The van der Waals surface area contributed by atoms with Gasteiger partial charge in [-0.25, -0.2) is 0 Å². The molecule has 2 aliphatic rings. The van der Waals surface area contributed by atoms with Crippen molar-refractivity contribution in [3.05, 3.63) is 29.8 Å². The van der Waals surface area contributed by atoms with Crippen molar-refractivity contribution in [2.75, 3.05) is 25.0 Å². The van der Waals surface area contributed by atoms with Crippen LogP contribution < -0.4 is 15.5 Å². The molecule has 1 aliphatic heterocycles. The number of rotatable bonds is 5. The van der Waals surface area contributed by atoms with Gasteiger partial charge in [-0.05, 0) is 50.7 Å². The molecule has 1 heterocycles. The standard InChI is InChI=1S/C18H25N3O2/c22-17(13-21-11-5-1-2-6-12-21)20-16-8-4-3-7-15(16)18(23)19-14-9-10-14/h3-4,7-8,14H,1-2,5-6,9-13H2,(H,19,23)(H,20,22)/p+1. The van der Waals surface area contributed by atoms with Crippen LogP contribution in [0.4, 0.5) is 5.69 Å². The van der Waals surface area contributed by atoms with Crippen molar-refractivity contribution in [3.63, 3.8) is 0 Å². The van der Waals surface area contributed by atoms with Gasteiger partial charge in [0.25, 0.3) is 11.8 Å². The Bertz CT molecular complexity index is 561. The molecule has 1 aliphatic carbocycles. The maximum atomic E-state index is 12.3. The van der Waals surface area contributed by atoms with E-state index in [1.807, 2.05) is 12.1 Å². The number of para-hydroxylation sites is 1. The summed E-state index contributed by atoms with van der Waals surface area (Å²) < 4.78 is 0. The number of quaternary nitrogens is 1. The summed E-state index contributed by atoms with van der Waals surface area (Å²) in [6.07, 6.45) is 7.05. The monoisotopic (exact) mass is 316 g/mol. The van der Waals surface area contributed by atoms with E-state index >= 15 is 0 Å². The zero-order valence-electron chi connectivity index (χ0n) is 13.6. The lowest BCUT2D eigenvalue weighted by atomic mass is 10.1. The summed E-state index contributed by atoms with van der Waals surface area (Å²) in [7, 11) is 0. The number of benzene rings is 1. The van der Waals surface area contributed by atoms with Gasteiger partial charge >= 0.3 is 0 Å². The largest absolute Gasteiger partial charge is 0.349 e. The molecule has 0 spiro atoms. The van der Waals surface area contributed by atoms with Crippen LogP contribution in [0.3, 0.4) is 0 Å². The Kier molecular flexibility index (Phi) is 5.28. The van der Waals surface area contributed by atoms with E-state index in [9.17, 15) is 9.59 Å². The highest BCUT2D eigenvalue weighted by atomic mass is 16.2. The average Bonchev–Trinajstić information content (AvgIpc) is 3.35. The van der Waals surface area contributed by atoms with Crippen molar-refractivity contribution in [3.8, 4) is 0 Å². The normalized spacial score (nSPS) is 19.0. The van der Waals surface area contributed by atoms with Crippen LogP contribution in [-0.4, -0.2) is 37.5 Å². The fourth-order valence-corrected chi connectivity index (χ4v) is 3.11. The smallest absolute Gasteiger partial charge is 0.279 e. The SMILES string of the molecule is O=C(C[NH+]1CCCCCC1)Nc1ccccc1C(=O)NC1CC1. The van der Waals surface area contributed by atoms with Crippen LogP contribution in [0, 0.1) is 0 Å². The van der Waals surface area contributed by atoms with Gasteiger partial charge in [0, 0.05) is 6.04 Å². The number of amides is 2. The summed E-state index contributed by atoms with van der Waals surface area (Å²) in [6, 6.07) is 7.57. The van der Waals surface area contributed by atoms with E-state index in [1.165, 1.54) is 30.6 Å². The van der Waals surface area contributed by atoms with Gasteiger partial charge in [0.05, 0.1) is 24.3 Å². The number of hydrogen-bond donors (Lipinski definition) is 3. The Balaban J connectivity index is 1.59. The molecule has 0 atom stereocenters. The van der Waals surface area contributed by atoms with Crippen LogP contribution in [0.15, 0.2) is 24.3 Å². The third-order valence-corrected chi connectivity index (χ3v) is 4.58. The molecule has 2 fully saturated rings. The molecule has 0 bridgehead atoms. The molecule has 2 amide bonds. The van der Waals surface area contributed by atoms with E-state index in [1.54, 1.807) is 12.1 Å². The summed E-state index contributed by atoms with van der Waals surface area (Å²) in [6.45, 7) is 2.62. The van der Waals surface area contributed by atoms with Crippen molar-refractivity contribution in [2.24, 2.45) is 0 Å². The first kappa shape index (κ1) is 16.0. The van der Waals surface area contributed by atoms with Crippen molar-refractivity contribution in [1.29, 1.82) is 0 Å². The third-order valence-electron chi connectivity index (χ3n) is 4.58. The Morgan fingerprint density at radius 2 is 1.74 bits per heavy atom. The van der Waals surface area contributed by atoms with E-state index in [0.717, 1.165) is 25.9 Å². The fourth-order valence-electron chi connectivity index (χ4n) is 3.11. The van der Waals surface area contributed by atoms with Gasteiger partial charge in [-0.3, -0.25) is 9.59 Å². The Labute approximate surface area is 137 Å². The highest BCUT2D eigenvalue weighted by Crippen LogP contribution is 2.21. The minimum atomic E-state index is -0.0921. The van der Waals surface area contributed by atoms with E-state index in [0.29, 0.717) is 23.8 Å². The van der Waals surface area contributed by atoms with Gasteiger partial charge < -0.3 is 15.5 Å². The molecular weight excluding hydrogens is 290 g/mol. The molecule has 3 rings (SSSR count). The van der Waals surface area contributed by atoms with Gasteiger partial charge in [0.15, 0.2) is 6.54 Å². The number of carbonyl (C=O) groups excluding carboxylic acids is 2. The molecule has 23 heavy (non-hydrogen) atoms. The number of nitrogens with one attached hydrogen (secondary N) is 3. The second-order valence-electron chi connectivity index (χ2n) is 6.68. The molecular formula is C18H26N3O2+. The molecule has 1 aromatic rings. The van der Waals surface area contributed by atoms with E-state index in [-0.39, 0.29) is 11.8 Å². The van der Waals surface area contributed by atoms with Gasteiger partial charge in [0.2, 0.25) is 0 Å². The Morgan fingerprint density at radius 1 is 1.04 bits per heavy atom. The zero-order valence-corrected chi connectivity index (χ0v) is 13.6. The molecule has 1 saturated carbocycles. The molecule has 124 valence electrons. The predicted molar refractivity (Wildman–Crippen MR) is 89.6 cm³/mol. The number of likely N-dealkylation sites (tertiary alicyclic amines) is 1. The fraction of sp³-hybridized carbons (Fsp3) is 0.556. The lowest BCUT2D eigenvalue weighted by Gasteiger charge is -2.17. The minimum absolute atomic E-state index is 0.00595. The Morgan fingerprint density at radius 3 is 2.43 bits per heavy atom. The second kappa shape index (κ2) is 7.59. The molecule has 0 unspecified atom stereocenters. The van der Waals surface area contributed by atoms with Gasteiger partial charge in [-0.15, -0.1) is 0 Å². The summed E-state index contributed by atoms with van der Waals surface area (Å²) in [4.78, 5) is 26.0. The average molecular weight is 316 g/mol. The Hall–Kier alpha value is -1.88. The van der Waals surface area contributed by atoms with Crippen LogP contribution in [-0.2, 0) is 4.79 Å². The van der Waals surface area contributed by atoms with Crippen LogP contribution in [0.5, 0.6) is 0 Å². The lowest BCUT2D eigenvalue weighted by molar-refractivity contribution is -0.890. The highest BCUT2D eigenvalue weighted by Gasteiger charge is 2.25. The van der Waals surface area contributed by atoms with Crippen molar-refractivity contribution in [2.45, 2.75) is 44.6 Å². The number of carbonyl (C=O) groups is 2. The van der Waals surface area contributed by atoms with Crippen LogP contribution >= 0.6 is 0 Å². The van der Waals surface area contributed by atoms with Crippen LogP contribution in [0.2, 0.25) is 0 Å². The van der Waals surface area contributed by atoms with Crippen molar-refractivity contribution in [1.82, 2.24) is 5.32 Å². The van der Waals surface area contributed by atoms with E-state index in [4.69, 9.17) is 0 Å². The van der Waals surface area contributed by atoms with Crippen molar-refractivity contribution < 1.29 is 14.5 Å². The van der Waals surface area contributed by atoms with E-state index in [2.05, 4.69) is 10.6 Å². The minimum Gasteiger partial charge on any atom is -0.349 e. The molecule has 1 aromatic carbocycles. The summed E-state index contributed by atoms with van der Waals surface area (Å²) in [5.41, 5.74) is 1.17. The first-order chi connectivity index (χ1) is 11.2. The molecule has 0 radical (unpaired) electrons. The zero-order chi connectivity index (χ0) is 16.1. The molecule has 0 aromatic heterocycles. The maximum Gasteiger partial charge on any atom is 0.279 e. The molecule has 1 saturated heterocycles. The second-order valence-corrected chi connectivity index (χ2v) is 6.68. The summed E-state index contributed by atoms with van der Waals surface area (Å²) in [5, 5.41) is 5.91. The van der Waals surface area contributed by atoms with Crippen LogP contribution in [0.25, 0.3) is 0 Å². The summed E-state index contributed by atoms with van der Waals surface area (Å²) >= 11 is 0. The third kappa shape index (κ3) is 4.79. The first-order valence-corrected chi connectivity index (χ1v) is 8.75. The first-order valence-electron chi connectivity index (χ1n) is 8.75. The van der Waals surface area contributed by atoms with Gasteiger partial charge in [-0.2, -0.15) is 0 Å². The molecule has 5 nitrogen and oxygen atoms in total. The van der Waals surface area contributed by atoms with Crippen molar-refractivity contribution >= 4 is 17.5 Å². The molecule has 5 heteroatoms. The maximum absolute atomic E-state index is 12.3. The quantitative estimate of drug-likeness (QED) is 0.758. The molecule has 3 N–H and O–H groups in total. The van der Waals surface area contributed by atoms with Gasteiger partial charge in [-0.1, -0.05) is 12.1 Å². The number of hydrogen-bond acceptors (Lipinski definition) is 2. The predicted octanol–water partition coefficient (Wildman–Crippen LogP) is 0.976. The lowest BCUT2D eigenvalue weighted by Crippen LogP contribution is -3.12. The van der Waals surface area contributed by atoms with Gasteiger partial charge in [0.1, 0.15) is 0 Å².